The van der Waals surface area contributed by atoms with E-state index in [0.717, 1.165) is 0 Å². The molecule has 0 aliphatic carbocycles. The van der Waals surface area contributed by atoms with Crippen LogP contribution in [0.25, 0.3) is 0 Å². The summed E-state index contributed by atoms with van der Waals surface area (Å²) in [6, 6.07) is 0. The van der Waals surface area contributed by atoms with Crippen LogP contribution >= 0.6 is 22.6 Å². The summed E-state index contributed by atoms with van der Waals surface area (Å²) < 4.78 is 0.446. The number of aromatic nitrogens is 2. The van der Waals surface area contributed by atoms with E-state index >= 15 is 0 Å². The third-order valence-corrected chi connectivity index (χ3v) is 2.46. The monoisotopic (exact) mass is 252 g/mol. The van der Waals surface area contributed by atoms with Crippen LogP contribution in [0.3, 0.4) is 0 Å². The van der Waals surface area contributed by atoms with Crippen molar-refractivity contribution in [1.29, 1.82) is 0 Å². The molecule has 0 aliphatic rings. The highest BCUT2D eigenvalue weighted by molar-refractivity contribution is 14.1. The summed E-state index contributed by atoms with van der Waals surface area (Å²) in [5.41, 5.74) is -0.0361. The summed E-state index contributed by atoms with van der Waals surface area (Å²) in [6.07, 6.45) is 0. The second-order valence-electron chi connectivity index (χ2n) is 1.85. The molecule has 1 aromatic rings. The molecule has 0 saturated heterocycles. The van der Waals surface area contributed by atoms with Crippen molar-refractivity contribution < 1.29 is 0 Å². The third kappa shape index (κ3) is 1.13. The second kappa shape index (κ2) is 2.57. The van der Waals surface area contributed by atoms with Gasteiger partial charge in [0.05, 0.1) is 3.57 Å². The average Bonchev–Trinajstić information content (AvgIpc) is 1.93. The summed E-state index contributed by atoms with van der Waals surface area (Å²) in [5, 5.41) is 4.42. The Labute approximate surface area is 69.8 Å². The van der Waals surface area contributed by atoms with E-state index in [1.807, 2.05) is 22.6 Å². The molecule has 10 heavy (non-hydrogen) atoms. The van der Waals surface area contributed by atoms with Crippen LogP contribution in [0.2, 0.25) is 0 Å². The largest absolute Gasteiger partial charge is 0.276 e. The van der Waals surface area contributed by atoms with Gasteiger partial charge >= 0.3 is 0 Å². The predicted molar refractivity (Wildman–Crippen MR) is 45.1 cm³/mol. The molecule has 1 aromatic heterocycles. The Balaban J connectivity index is 3.65. The van der Waals surface area contributed by atoms with Crippen molar-refractivity contribution in [3.63, 3.8) is 0 Å². The zero-order valence-corrected chi connectivity index (χ0v) is 7.35. The second-order valence-corrected chi connectivity index (χ2v) is 2.93. The van der Waals surface area contributed by atoms with Crippen molar-refractivity contribution in [1.82, 2.24) is 10.2 Å². The Morgan fingerprint density at radius 2 is 1.70 bits per heavy atom. The molecule has 0 saturated carbocycles. The fourth-order valence-corrected chi connectivity index (χ4v) is 0.912. The van der Waals surface area contributed by atoms with Crippen LogP contribution in [0.5, 0.6) is 0 Å². The van der Waals surface area contributed by atoms with Gasteiger partial charge in [-0.15, -0.1) is 0 Å². The first-order valence-electron chi connectivity index (χ1n) is 2.60. The van der Waals surface area contributed by atoms with Gasteiger partial charge in [-0.05, 0) is 29.5 Å². The molecule has 4 nitrogen and oxygen atoms in total. The van der Waals surface area contributed by atoms with E-state index in [1.165, 1.54) is 0 Å². The van der Waals surface area contributed by atoms with Crippen molar-refractivity contribution in [2.45, 2.75) is 6.92 Å². The third-order valence-electron chi connectivity index (χ3n) is 1.16. The van der Waals surface area contributed by atoms with E-state index in [-0.39, 0.29) is 11.1 Å². The van der Waals surface area contributed by atoms with Gasteiger partial charge in [-0.2, -0.15) is 0 Å². The highest BCUT2D eigenvalue weighted by Gasteiger charge is 2.01. The topological polar surface area (TPSA) is 65.7 Å². The number of H-pyrrole nitrogens is 2. The molecule has 0 fully saturated rings. The molecule has 2 N–H and O–H groups in total. The summed E-state index contributed by atoms with van der Waals surface area (Å²) in [5.74, 6) is 0. The van der Waals surface area contributed by atoms with Crippen LogP contribution in [0.1, 0.15) is 5.56 Å². The molecule has 5 heteroatoms. The van der Waals surface area contributed by atoms with E-state index in [9.17, 15) is 9.59 Å². The van der Waals surface area contributed by atoms with Crippen molar-refractivity contribution in [3.8, 4) is 0 Å². The number of halogens is 1. The zero-order chi connectivity index (χ0) is 7.72. The van der Waals surface area contributed by atoms with Crippen LogP contribution in [0.4, 0.5) is 0 Å². The van der Waals surface area contributed by atoms with Crippen LogP contribution in [0.15, 0.2) is 9.59 Å². The molecule has 1 rings (SSSR count). The van der Waals surface area contributed by atoms with Crippen LogP contribution in [-0.4, -0.2) is 10.2 Å². The van der Waals surface area contributed by atoms with E-state index in [2.05, 4.69) is 10.2 Å². The Morgan fingerprint density at radius 1 is 1.20 bits per heavy atom. The van der Waals surface area contributed by atoms with Gasteiger partial charge in [-0.3, -0.25) is 19.8 Å². The highest BCUT2D eigenvalue weighted by Crippen LogP contribution is 1.96. The molecule has 0 aliphatic heterocycles. The van der Waals surface area contributed by atoms with Gasteiger partial charge in [0.15, 0.2) is 0 Å². The van der Waals surface area contributed by atoms with Gasteiger partial charge in [-0.1, -0.05) is 0 Å². The van der Waals surface area contributed by atoms with Gasteiger partial charge in [0.1, 0.15) is 0 Å². The Bertz CT molecular complexity index is 316. The zero-order valence-electron chi connectivity index (χ0n) is 5.19. The maximum atomic E-state index is 10.8. The minimum atomic E-state index is -0.252. The number of nitrogens with one attached hydrogen (secondary N) is 2. The van der Waals surface area contributed by atoms with Crippen molar-refractivity contribution in [2.24, 2.45) is 0 Å². The molecule has 1 heterocycles. The highest BCUT2D eigenvalue weighted by atomic mass is 127. The first-order valence-corrected chi connectivity index (χ1v) is 3.68. The summed E-state index contributed by atoms with van der Waals surface area (Å²) in [7, 11) is 0. The predicted octanol–water partition coefficient (Wildman–Crippen LogP) is -0.0238. The normalized spacial score (nSPS) is 9.80. The van der Waals surface area contributed by atoms with Gasteiger partial charge in [-0.25, -0.2) is 0 Å². The minimum Gasteiger partial charge on any atom is -0.268 e. The van der Waals surface area contributed by atoms with E-state index < -0.39 is 0 Å². The number of aromatic amines is 2. The lowest BCUT2D eigenvalue weighted by Crippen LogP contribution is -2.23. The van der Waals surface area contributed by atoms with Gasteiger partial charge in [0.25, 0.3) is 11.1 Å². The smallest absolute Gasteiger partial charge is 0.268 e. The summed E-state index contributed by atoms with van der Waals surface area (Å²) in [4.78, 5) is 21.5. The van der Waals surface area contributed by atoms with Crippen molar-refractivity contribution in [3.05, 3.63) is 29.8 Å². The molecule has 0 amide bonds. The van der Waals surface area contributed by atoms with E-state index in [4.69, 9.17) is 0 Å². The van der Waals surface area contributed by atoms with Gasteiger partial charge < -0.3 is 0 Å². The lowest BCUT2D eigenvalue weighted by molar-refractivity contribution is 0.922. The summed E-state index contributed by atoms with van der Waals surface area (Å²) in [6.45, 7) is 1.61. The van der Waals surface area contributed by atoms with Crippen LogP contribution < -0.4 is 11.1 Å². The number of rotatable bonds is 0. The van der Waals surface area contributed by atoms with Crippen LogP contribution in [-0.2, 0) is 0 Å². The molecule has 0 spiro atoms. The van der Waals surface area contributed by atoms with E-state index in [1.54, 1.807) is 6.92 Å². The summed E-state index contributed by atoms with van der Waals surface area (Å²) >= 11 is 1.83. The fourth-order valence-electron chi connectivity index (χ4n) is 0.532. The molecule has 0 bridgehead atoms. The minimum absolute atomic E-state index is 0.246. The van der Waals surface area contributed by atoms with Gasteiger partial charge in [0.2, 0.25) is 0 Å². The number of hydrogen-bond acceptors (Lipinski definition) is 2. The SMILES string of the molecule is Cc1c(I)c(=O)[nH][nH]c1=O. The molecular formula is C5H5IN2O2. The first kappa shape index (κ1) is 7.52. The Morgan fingerprint density at radius 3 is 2.20 bits per heavy atom. The maximum Gasteiger partial charge on any atom is 0.276 e. The lowest BCUT2D eigenvalue weighted by Gasteiger charge is -1.91. The Hall–Kier alpha value is -0.590. The molecule has 0 radical (unpaired) electrons. The lowest BCUT2D eigenvalue weighted by atomic mass is 10.3. The van der Waals surface area contributed by atoms with Crippen molar-refractivity contribution in [2.75, 3.05) is 0 Å². The Kier molecular flexibility index (Phi) is 1.93. The standard InChI is InChI=1S/C5H5IN2O2/c1-2-3(6)5(10)8-7-4(2)9/h1H3,(H,7,9)(H,8,10). The molecule has 0 atom stereocenters. The average molecular weight is 252 g/mol. The van der Waals surface area contributed by atoms with Crippen molar-refractivity contribution >= 4 is 22.6 Å². The molecule has 54 valence electrons. The van der Waals surface area contributed by atoms with Gasteiger partial charge in [0, 0.05) is 5.56 Å². The first-order chi connectivity index (χ1) is 4.63. The van der Waals surface area contributed by atoms with Crippen LogP contribution in [0, 0.1) is 10.5 Å². The molecular weight excluding hydrogens is 247 g/mol. The fraction of sp³-hybridized carbons (Fsp3) is 0.200. The molecule has 0 unspecified atom stereocenters. The molecule has 0 aromatic carbocycles. The maximum absolute atomic E-state index is 10.8. The number of hydrogen-bond donors (Lipinski definition) is 2. The van der Waals surface area contributed by atoms with E-state index in [0.29, 0.717) is 9.13 Å². The quantitative estimate of drug-likeness (QED) is 0.637.